The normalized spacial score (nSPS) is 17.0. The van der Waals surface area contributed by atoms with Crippen LogP contribution in [0.5, 0.6) is 5.75 Å². The average molecular weight is 364 g/mol. The number of ether oxygens (including phenoxy) is 1. The number of rotatable bonds is 3. The van der Waals surface area contributed by atoms with E-state index in [4.69, 9.17) is 10.5 Å². The van der Waals surface area contributed by atoms with Crippen molar-refractivity contribution in [2.75, 3.05) is 12.4 Å². The van der Waals surface area contributed by atoms with E-state index in [0.717, 1.165) is 10.0 Å². The highest BCUT2D eigenvalue weighted by Crippen LogP contribution is 2.39. The quantitative estimate of drug-likeness (QED) is 0.867. The molecule has 0 fully saturated rings. The van der Waals surface area contributed by atoms with Gasteiger partial charge in [-0.1, -0.05) is 15.9 Å². The first-order valence-corrected chi connectivity index (χ1v) is 7.32. The Morgan fingerprint density at radius 2 is 2.27 bits per heavy atom. The number of primary amides is 1. The molecule has 114 valence electrons. The minimum absolute atomic E-state index is 0.425. The smallest absolute Gasteiger partial charge is 0.248 e. The molecule has 1 aliphatic rings. The van der Waals surface area contributed by atoms with Gasteiger partial charge in [0.25, 0.3) is 0 Å². The number of fused-ring (bicyclic) bond motifs is 1. The van der Waals surface area contributed by atoms with Gasteiger partial charge in [-0.2, -0.15) is 10.1 Å². The summed E-state index contributed by atoms with van der Waals surface area (Å²) in [5.74, 6) is 0.677. The zero-order chi connectivity index (χ0) is 15.9. The van der Waals surface area contributed by atoms with Gasteiger partial charge in [0.1, 0.15) is 18.1 Å². The Labute approximate surface area is 135 Å². The van der Waals surface area contributed by atoms with Crippen molar-refractivity contribution in [2.24, 2.45) is 5.73 Å². The summed E-state index contributed by atoms with van der Waals surface area (Å²) in [7, 11) is 1.58. The first-order chi connectivity index (χ1) is 10.5. The number of nitrogens with zero attached hydrogens (tertiary/aromatic N) is 3. The van der Waals surface area contributed by atoms with E-state index < -0.39 is 11.9 Å². The number of hydrogen-bond donors (Lipinski definition) is 2. The lowest BCUT2D eigenvalue weighted by atomic mass is 9.94. The molecule has 0 saturated carbocycles. The summed E-state index contributed by atoms with van der Waals surface area (Å²) < 4.78 is 7.92. The molecular weight excluding hydrogens is 350 g/mol. The van der Waals surface area contributed by atoms with Gasteiger partial charge < -0.3 is 15.8 Å². The molecule has 1 atom stereocenters. The van der Waals surface area contributed by atoms with Gasteiger partial charge in [-0.3, -0.25) is 4.79 Å². The van der Waals surface area contributed by atoms with Crippen molar-refractivity contribution in [1.29, 1.82) is 0 Å². The summed E-state index contributed by atoms with van der Waals surface area (Å²) >= 11 is 3.45. The third-order valence-electron chi connectivity index (χ3n) is 3.55. The molecular formula is C14H14BrN5O2. The highest BCUT2D eigenvalue weighted by Gasteiger charge is 2.34. The number of methoxy groups -OCH3 is 1. The van der Waals surface area contributed by atoms with Gasteiger partial charge in [0, 0.05) is 15.7 Å². The van der Waals surface area contributed by atoms with Crippen LogP contribution in [-0.2, 0) is 4.79 Å². The maximum absolute atomic E-state index is 12.0. The number of aromatic nitrogens is 3. The molecule has 0 aliphatic carbocycles. The Kier molecular flexibility index (Phi) is 3.61. The van der Waals surface area contributed by atoms with Gasteiger partial charge in [0.15, 0.2) is 0 Å². The van der Waals surface area contributed by atoms with Crippen LogP contribution in [0.15, 0.2) is 40.3 Å². The molecule has 3 rings (SSSR count). The lowest BCUT2D eigenvalue weighted by molar-refractivity contribution is -0.115. The van der Waals surface area contributed by atoms with Crippen LogP contribution >= 0.6 is 15.9 Å². The molecule has 1 aromatic heterocycles. The van der Waals surface area contributed by atoms with Crippen molar-refractivity contribution in [3.8, 4) is 5.75 Å². The van der Waals surface area contributed by atoms with Crippen molar-refractivity contribution < 1.29 is 9.53 Å². The van der Waals surface area contributed by atoms with Crippen LogP contribution in [0.25, 0.3) is 0 Å². The second kappa shape index (κ2) is 5.45. The van der Waals surface area contributed by atoms with Crippen molar-refractivity contribution in [2.45, 2.75) is 13.0 Å². The molecule has 1 amide bonds. The van der Waals surface area contributed by atoms with E-state index in [2.05, 4.69) is 31.3 Å². The van der Waals surface area contributed by atoms with E-state index in [1.807, 2.05) is 18.2 Å². The molecule has 2 aromatic rings. The number of carbonyl (C=O) groups excluding carboxylic acids is 1. The van der Waals surface area contributed by atoms with Gasteiger partial charge in [-0.25, -0.2) is 4.68 Å². The van der Waals surface area contributed by atoms with Crippen LogP contribution in [0.1, 0.15) is 18.5 Å². The van der Waals surface area contributed by atoms with Gasteiger partial charge in [-0.15, -0.1) is 0 Å². The third kappa shape index (κ3) is 2.25. The maximum Gasteiger partial charge on any atom is 0.248 e. The van der Waals surface area contributed by atoms with E-state index in [-0.39, 0.29) is 0 Å². The Morgan fingerprint density at radius 3 is 2.95 bits per heavy atom. The molecule has 1 unspecified atom stereocenters. The summed E-state index contributed by atoms with van der Waals surface area (Å²) in [6.45, 7) is 1.79. The summed E-state index contributed by atoms with van der Waals surface area (Å²) in [6, 6.07) is 5.08. The summed E-state index contributed by atoms with van der Waals surface area (Å²) in [5.41, 5.74) is 7.44. The topological polar surface area (TPSA) is 95.1 Å². The SMILES string of the molecule is COc1ccc(Br)cc1C1C(C(N)=O)=C(C)Nc2ncnn21. The Hall–Kier alpha value is -2.35. The Bertz CT molecular complexity index is 783. The fraction of sp³-hybridized carbons (Fsp3) is 0.214. The van der Waals surface area contributed by atoms with Crippen molar-refractivity contribution in [3.05, 3.63) is 45.8 Å². The van der Waals surface area contributed by atoms with E-state index in [1.54, 1.807) is 18.7 Å². The van der Waals surface area contributed by atoms with Crippen molar-refractivity contribution in [1.82, 2.24) is 14.8 Å². The number of anilines is 1. The molecule has 1 aliphatic heterocycles. The largest absolute Gasteiger partial charge is 0.496 e. The van der Waals surface area contributed by atoms with Crippen LogP contribution in [0.2, 0.25) is 0 Å². The zero-order valence-corrected chi connectivity index (χ0v) is 13.6. The number of nitrogens with one attached hydrogen (secondary N) is 1. The fourth-order valence-corrected chi connectivity index (χ4v) is 3.00. The van der Waals surface area contributed by atoms with Crippen molar-refractivity contribution in [3.63, 3.8) is 0 Å². The van der Waals surface area contributed by atoms with Crippen LogP contribution < -0.4 is 15.8 Å². The van der Waals surface area contributed by atoms with Gasteiger partial charge in [0.2, 0.25) is 11.9 Å². The number of nitrogens with two attached hydrogens (primary N) is 1. The molecule has 0 spiro atoms. The summed E-state index contributed by atoms with van der Waals surface area (Å²) in [5, 5.41) is 7.26. The Morgan fingerprint density at radius 1 is 1.50 bits per heavy atom. The molecule has 7 nitrogen and oxygen atoms in total. The summed E-state index contributed by atoms with van der Waals surface area (Å²) in [4.78, 5) is 16.1. The summed E-state index contributed by atoms with van der Waals surface area (Å²) in [6.07, 6.45) is 1.43. The number of carbonyl (C=O) groups is 1. The van der Waals surface area contributed by atoms with Crippen LogP contribution in [0.3, 0.4) is 0 Å². The highest BCUT2D eigenvalue weighted by atomic mass is 79.9. The monoisotopic (exact) mass is 363 g/mol. The lowest BCUT2D eigenvalue weighted by Gasteiger charge is -2.28. The van der Waals surface area contributed by atoms with Crippen LogP contribution in [-0.4, -0.2) is 27.8 Å². The minimum atomic E-state index is -0.516. The molecule has 0 bridgehead atoms. The van der Waals surface area contributed by atoms with Crippen LogP contribution in [0, 0.1) is 0 Å². The Balaban J connectivity index is 2.27. The van der Waals surface area contributed by atoms with Crippen LogP contribution in [0.4, 0.5) is 5.95 Å². The number of amides is 1. The molecule has 1 aromatic carbocycles. The van der Waals surface area contributed by atoms with Gasteiger partial charge in [0.05, 0.1) is 12.7 Å². The van der Waals surface area contributed by atoms with Gasteiger partial charge in [-0.05, 0) is 25.1 Å². The predicted molar refractivity (Wildman–Crippen MR) is 84.4 cm³/mol. The van der Waals surface area contributed by atoms with E-state index >= 15 is 0 Å². The predicted octanol–water partition coefficient (Wildman–Crippen LogP) is 1.82. The number of hydrogen-bond acceptors (Lipinski definition) is 5. The zero-order valence-electron chi connectivity index (χ0n) is 12.0. The lowest BCUT2D eigenvalue weighted by Crippen LogP contribution is -2.32. The number of benzene rings is 1. The second-order valence-electron chi connectivity index (χ2n) is 4.84. The fourth-order valence-electron chi connectivity index (χ4n) is 2.62. The third-order valence-corrected chi connectivity index (χ3v) is 4.04. The molecule has 3 N–H and O–H groups in total. The standard InChI is InChI=1S/C14H14BrN5O2/c1-7-11(13(16)21)12(20-14(19-7)17-6-18-20)9-5-8(15)3-4-10(9)22-2/h3-6,12H,1-2H3,(H2,16,21)(H,17,18,19). The maximum atomic E-state index is 12.0. The molecule has 8 heteroatoms. The van der Waals surface area contributed by atoms with E-state index in [9.17, 15) is 4.79 Å². The minimum Gasteiger partial charge on any atom is -0.496 e. The second-order valence-corrected chi connectivity index (χ2v) is 5.76. The molecule has 0 radical (unpaired) electrons. The molecule has 2 heterocycles. The molecule has 22 heavy (non-hydrogen) atoms. The molecule has 0 saturated heterocycles. The van der Waals surface area contributed by atoms with Gasteiger partial charge >= 0.3 is 0 Å². The van der Waals surface area contributed by atoms with E-state index in [0.29, 0.717) is 23.0 Å². The first kappa shape index (κ1) is 14.6. The van der Waals surface area contributed by atoms with E-state index in [1.165, 1.54) is 6.33 Å². The number of halogens is 1. The average Bonchev–Trinajstić information content (AvgIpc) is 2.93. The highest BCUT2D eigenvalue weighted by molar-refractivity contribution is 9.10. The first-order valence-electron chi connectivity index (χ1n) is 6.53. The van der Waals surface area contributed by atoms with Crippen molar-refractivity contribution >= 4 is 27.8 Å². The number of allylic oxidation sites excluding steroid dienone is 1.